The van der Waals surface area contributed by atoms with E-state index in [-0.39, 0.29) is 26.8 Å². The minimum absolute atomic E-state index is 0.00949. The standard InChI is InChI=1S/C19H18N2O3Se/c1-3-24-19(23)12-7-9-13(10-8-12)25-16-11-21-15-6-4-5-14(17(15)16)18(22)20-2/h4-11,21H,3H2,1-2H3,(H,20,22). The fourth-order valence-electron chi connectivity index (χ4n) is 2.56. The topological polar surface area (TPSA) is 71.2 Å². The molecule has 5 nitrogen and oxygen atoms in total. The van der Waals surface area contributed by atoms with Gasteiger partial charge in [0.1, 0.15) is 0 Å². The maximum atomic E-state index is 12.1. The quantitative estimate of drug-likeness (QED) is 0.501. The molecule has 25 heavy (non-hydrogen) atoms. The normalized spacial score (nSPS) is 10.6. The van der Waals surface area contributed by atoms with Crippen LogP contribution in [-0.4, -0.2) is 45.5 Å². The van der Waals surface area contributed by atoms with Crippen LogP contribution < -0.4 is 14.2 Å². The van der Waals surface area contributed by atoms with Crippen molar-refractivity contribution in [1.29, 1.82) is 0 Å². The molecule has 3 rings (SSSR count). The fraction of sp³-hybridized carbons (Fsp3) is 0.158. The average molecular weight is 401 g/mol. The van der Waals surface area contributed by atoms with Gasteiger partial charge in [0, 0.05) is 0 Å². The third kappa shape index (κ3) is 3.60. The molecule has 0 fully saturated rings. The van der Waals surface area contributed by atoms with Gasteiger partial charge in [-0.2, -0.15) is 0 Å². The molecule has 3 aromatic rings. The van der Waals surface area contributed by atoms with Crippen LogP contribution in [0.4, 0.5) is 0 Å². The van der Waals surface area contributed by atoms with E-state index in [0.717, 1.165) is 19.8 Å². The Kier molecular flexibility index (Phi) is 5.22. The third-order valence-electron chi connectivity index (χ3n) is 3.73. The summed E-state index contributed by atoms with van der Waals surface area (Å²) in [5, 5.41) is 3.64. The van der Waals surface area contributed by atoms with Crippen LogP contribution in [-0.2, 0) is 4.74 Å². The van der Waals surface area contributed by atoms with Gasteiger partial charge in [-0.25, -0.2) is 0 Å². The van der Waals surface area contributed by atoms with Crippen LogP contribution in [0.25, 0.3) is 10.9 Å². The summed E-state index contributed by atoms with van der Waals surface area (Å²) in [4.78, 5) is 27.1. The molecule has 0 radical (unpaired) electrons. The molecule has 1 amide bonds. The van der Waals surface area contributed by atoms with Gasteiger partial charge in [0.05, 0.1) is 0 Å². The summed E-state index contributed by atoms with van der Waals surface area (Å²) in [6, 6.07) is 13.1. The van der Waals surface area contributed by atoms with Crippen LogP contribution in [0.3, 0.4) is 0 Å². The molecule has 0 atom stereocenters. The van der Waals surface area contributed by atoms with Crippen molar-refractivity contribution in [2.45, 2.75) is 6.92 Å². The van der Waals surface area contributed by atoms with Gasteiger partial charge in [0.15, 0.2) is 0 Å². The first-order valence-corrected chi connectivity index (χ1v) is 9.62. The number of hydrogen-bond donors (Lipinski definition) is 2. The number of ether oxygens (including phenoxy) is 1. The Labute approximate surface area is 151 Å². The Bertz CT molecular complexity index is 916. The monoisotopic (exact) mass is 402 g/mol. The zero-order valence-corrected chi connectivity index (χ0v) is 15.7. The van der Waals surface area contributed by atoms with Gasteiger partial charge in [0.25, 0.3) is 0 Å². The predicted octanol–water partition coefficient (Wildman–Crippen LogP) is 1.36. The summed E-state index contributed by atoms with van der Waals surface area (Å²) < 4.78 is 7.22. The van der Waals surface area contributed by atoms with E-state index in [1.54, 1.807) is 26.1 Å². The molecule has 0 unspecified atom stereocenters. The molecule has 0 aliphatic heterocycles. The third-order valence-corrected chi connectivity index (χ3v) is 5.94. The summed E-state index contributed by atoms with van der Waals surface area (Å²) in [6.45, 7) is 2.15. The zero-order valence-electron chi connectivity index (χ0n) is 14.0. The number of esters is 1. The van der Waals surface area contributed by atoms with E-state index in [9.17, 15) is 9.59 Å². The number of hydrogen-bond acceptors (Lipinski definition) is 3. The molecule has 0 aliphatic rings. The van der Waals surface area contributed by atoms with E-state index in [2.05, 4.69) is 10.3 Å². The molecule has 128 valence electrons. The molecule has 2 N–H and O–H groups in total. The molecular weight excluding hydrogens is 383 g/mol. The van der Waals surface area contributed by atoms with Gasteiger partial charge >= 0.3 is 152 Å². The number of fused-ring (bicyclic) bond motifs is 1. The molecule has 6 heteroatoms. The van der Waals surface area contributed by atoms with Crippen LogP contribution in [0.1, 0.15) is 27.6 Å². The van der Waals surface area contributed by atoms with Crippen molar-refractivity contribution >= 4 is 46.7 Å². The van der Waals surface area contributed by atoms with Gasteiger partial charge in [-0.05, 0) is 0 Å². The van der Waals surface area contributed by atoms with Gasteiger partial charge in [-0.1, -0.05) is 0 Å². The van der Waals surface area contributed by atoms with E-state index in [1.807, 2.05) is 36.5 Å². The summed E-state index contributed by atoms with van der Waals surface area (Å²) in [5.74, 6) is -0.407. The Balaban J connectivity index is 1.91. The Hall–Kier alpha value is -2.56. The number of aromatic nitrogens is 1. The van der Waals surface area contributed by atoms with Gasteiger partial charge in [-0.15, -0.1) is 0 Å². The average Bonchev–Trinajstić information content (AvgIpc) is 3.05. The maximum absolute atomic E-state index is 12.1. The number of amides is 1. The second-order valence-electron chi connectivity index (χ2n) is 5.31. The molecule has 1 heterocycles. The van der Waals surface area contributed by atoms with Crippen LogP contribution in [0.5, 0.6) is 0 Å². The number of benzene rings is 2. The van der Waals surface area contributed by atoms with Crippen molar-refractivity contribution in [2.24, 2.45) is 0 Å². The van der Waals surface area contributed by atoms with Crippen molar-refractivity contribution in [3.63, 3.8) is 0 Å². The van der Waals surface area contributed by atoms with E-state index in [4.69, 9.17) is 4.74 Å². The summed E-state index contributed by atoms with van der Waals surface area (Å²) in [5.41, 5.74) is 2.16. The van der Waals surface area contributed by atoms with E-state index in [1.165, 1.54) is 0 Å². The Morgan fingerprint density at radius 3 is 2.60 bits per heavy atom. The molecule has 0 saturated heterocycles. The van der Waals surface area contributed by atoms with E-state index >= 15 is 0 Å². The first-order valence-electron chi connectivity index (χ1n) is 7.91. The van der Waals surface area contributed by atoms with Crippen molar-refractivity contribution in [2.75, 3.05) is 13.7 Å². The first kappa shape index (κ1) is 17.3. The van der Waals surface area contributed by atoms with Gasteiger partial charge < -0.3 is 0 Å². The summed E-state index contributed by atoms with van der Waals surface area (Å²) in [6.07, 6.45) is 1.95. The van der Waals surface area contributed by atoms with Crippen LogP contribution in [0.15, 0.2) is 48.7 Å². The fourth-order valence-corrected chi connectivity index (χ4v) is 4.58. The number of H-pyrrole nitrogens is 1. The molecule has 0 spiro atoms. The second-order valence-corrected chi connectivity index (χ2v) is 7.65. The van der Waals surface area contributed by atoms with Gasteiger partial charge in [0.2, 0.25) is 0 Å². The second kappa shape index (κ2) is 7.55. The molecule has 2 aromatic carbocycles. The SMILES string of the molecule is CCOC(=O)c1ccc([Se]c2c[nH]c3cccc(C(=O)NC)c23)cc1. The van der Waals surface area contributed by atoms with Crippen molar-refractivity contribution < 1.29 is 14.3 Å². The molecule has 0 saturated carbocycles. The van der Waals surface area contributed by atoms with Crippen molar-refractivity contribution in [3.05, 3.63) is 59.8 Å². The van der Waals surface area contributed by atoms with Crippen LogP contribution in [0.2, 0.25) is 0 Å². The Morgan fingerprint density at radius 1 is 1.16 bits per heavy atom. The summed E-state index contributed by atoms with van der Waals surface area (Å²) >= 11 is 0.00949. The van der Waals surface area contributed by atoms with E-state index < -0.39 is 0 Å². The molecule has 0 aliphatic carbocycles. The van der Waals surface area contributed by atoms with Crippen LogP contribution in [0, 0.1) is 0 Å². The number of nitrogens with one attached hydrogen (secondary N) is 2. The summed E-state index contributed by atoms with van der Waals surface area (Å²) in [7, 11) is 1.63. The zero-order chi connectivity index (χ0) is 17.8. The minimum atomic E-state index is -0.310. The number of carbonyl (C=O) groups excluding carboxylic acids is 2. The molecular formula is C19H18N2O3Se. The first-order chi connectivity index (χ1) is 12.1. The van der Waals surface area contributed by atoms with E-state index in [0.29, 0.717) is 17.7 Å². The Morgan fingerprint density at radius 2 is 1.92 bits per heavy atom. The van der Waals surface area contributed by atoms with Gasteiger partial charge in [-0.3, -0.25) is 0 Å². The molecule has 1 aromatic heterocycles. The number of carbonyl (C=O) groups is 2. The predicted molar refractivity (Wildman–Crippen MR) is 99.1 cm³/mol. The number of rotatable bonds is 5. The number of aromatic amines is 1. The van der Waals surface area contributed by atoms with Crippen LogP contribution >= 0.6 is 0 Å². The van der Waals surface area contributed by atoms with Crippen molar-refractivity contribution in [1.82, 2.24) is 10.3 Å². The van der Waals surface area contributed by atoms with Crippen molar-refractivity contribution in [3.8, 4) is 0 Å². The molecule has 0 bridgehead atoms.